The van der Waals surface area contributed by atoms with E-state index in [1.165, 1.54) is 31.4 Å². The molecule has 0 heterocycles. The average Bonchev–Trinajstić information content (AvgIpc) is 2.58. The van der Waals surface area contributed by atoms with E-state index in [1.54, 1.807) is 0 Å². The summed E-state index contributed by atoms with van der Waals surface area (Å²) in [5, 5.41) is 0. The van der Waals surface area contributed by atoms with E-state index in [0.717, 1.165) is 0 Å². The van der Waals surface area contributed by atoms with Crippen LogP contribution in [0.15, 0.2) is 47.4 Å². The van der Waals surface area contributed by atoms with E-state index in [1.807, 2.05) is 4.72 Å². The van der Waals surface area contributed by atoms with Crippen molar-refractivity contribution in [3.63, 3.8) is 0 Å². The number of alkyl halides is 6. The maximum Gasteiger partial charge on any atom is 0.416 e. The van der Waals surface area contributed by atoms with Gasteiger partial charge in [-0.2, -0.15) is 26.3 Å². The Kier molecular flexibility index (Phi) is 5.76. The van der Waals surface area contributed by atoms with Gasteiger partial charge in [0.05, 0.1) is 23.1 Å². The van der Waals surface area contributed by atoms with Crippen molar-refractivity contribution in [3.8, 4) is 5.75 Å². The second-order valence-corrected chi connectivity index (χ2v) is 7.18. The summed E-state index contributed by atoms with van der Waals surface area (Å²) < 4.78 is 108. The van der Waals surface area contributed by atoms with Crippen molar-refractivity contribution < 1.29 is 39.5 Å². The van der Waals surface area contributed by atoms with E-state index in [0.29, 0.717) is 17.9 Å². The van der Waals surface area contributed by atoms with Crippen LogP contribution in [0.4, 0.5) is 26.3 Å². The van der Waals surface area contributed by atoms with Gasteiger partial charge in [-0.1, -0.05) is 0 Å². The Hall–Kier alpha value is -2.27. The number of methoxy groups -OCH3 is 1. The van der Waals surface area contributed by atoms with Crippen molar-refractivity contribution in [2.75, 3.05) is 7.11 Å². The number of rotatable bonds is 5. The topological polar surface area (TPSA) is 55.4 Å². The van der Waals surface area contributed by atoms with Crippen LogP contribution in [0.3, 0.4) is 0 Å². The van der Waals surface area contributed by atoms with E-state index < -0.39 is 45.6 Å². The van der Waals surface area contributed by atoms with Crippen LogP contribution in [0.2, 0.25) is 0 Å². The summed E-state index contributed by atoms with van der Waals surface area (Å²) in [6.45, 7) is -0.749. The van der Waals surface area contributed by atoms with Crippen LogP contribution in [0.5, 0.6) is 5.75 Å². The lowest BCUT2D eigenvalue weighted by Gasteiger charge is -2.14. The Bertz CT molecular complexity index is 873. The minimum absolute atomic E-state index is 0.0263. The molecule has 0 radical (unpaired) electrons. The molecule has 4 nitrogen and oxygen atoms in total. The highest BCUT2D eigenvalue weighted by Gasteiger charge is 2.36. The number of hydrogen-bond acceptors (Lipinski definition) is 3. The molecule has 2 aromatic rings. The number of benzene rings is 2. The average molecular weight is 413 g/mol. The van der Waals surface area contributed by atoms with Crippen molar-refractivity contribution in [1.29, 1.82) is 0 Å². The number of hydrogen-bond donors (Lipinski definition) is 1. The second-order valence-electron chi connectivity index (χ2n) is 5.41. The molecule has 0 unspecified atom stereocenters. The van der Waals surface area contributed by atoms with Gasteiger partial charge in [-0.3, -0.25) is 0 Å². The van der Waals surface area contributed by atoms with Crippen molar-refractivity contribution in [2.24, 2.45) is 0 Å². The predicted molar refractivity (Wildman–Crippen MR) is 83.5 cm³/mol. The Morgan fingerprint density at radius 2 is 1.37 bits per heavy atom. The maximum atomic E-state index is 12.8. The molecule has 2 aromatic carbocycles. The summed E-state index contributed by atoms with van der Waals surface area (Å²) in [5.41, 5.74) is -3.51. The van der Waals surface area contributed by atoms with Crippen LogP contribution >= 0.6 is 0 Å². The Balaban J connectivity index is 2.30. The second kappa shape index (κ2) is 7.39. The quantitative estimate of drug-likeness (QED) is 0.748. The van der Waals surface area contributed by atoms with Gasteiger partial charge in [-0.15, -0.1) is 0 Å². The maximum absolute atomic E-state index is 12.8. The fourth-order valence-electron chi connectivity index (χ4n) is 2.14. The van der Waals surface area contributed by atoms with E-state index >= 15 is 0 Å². The molecule has 0 spiro atoms. The van der Waals surface area contributed by atoms with Gasteiger partial charge in [-0.05, 0) is 48.0 Å². The summed E-state index contributed by atoms with van der Waals surface area (Å²) in [6.07, 6.45) is -10.0. The molecule has 0 aliphatic heterocycles. The van der Waals surface area contributed by atoms with Gasteiger partial charge in [0.15, 0.2) is 0 Å². The molecule has 0 bridgehead atoms. The number of ether oxygens (including phenoxy) is 1. The highest BCUT2D eigenvalue weighted by Crippen LogP contribution is 2.36. The third kappa shape index (κ3) is 5.36. The summed E-state index contributed by atoms with van der Waals surface area (Å²) in [6, 6.07) is 5.98. The molecule has 2 rings (SSSR count). The Morgan fingerprint density at radius 1 is 0.889 bits per heavy atom. The van der Waals surface area contributed by atoms with Gasteiger partial charge >= 0.3 is 12.4 Å². The van der Waals surface area contributed by atoms with Crippen LogP contribution < -0.4 is 9.46 Å². The smallest absolute Gasteiger partial charge is 0.416 e. The van der Waals surface area contributed by atoms with Crippen LogP contribution in [-0.2, 0) is 28.9 Å². The van der Waals surface area contributed by atoms with Gasteiger partial charge in [0.1, 0.15) is 5.75 Å². The zero-order chi connectivity index (χ0) is 20.5. The third-order valence-corrected chi connectivity index (χ3v) is 4.90. The van der Waals surface area contributed by atoms with Crippen LogP contribution in [-0.4, -0.2) is 15.5 Å². The largest absolute Gasteiger partial charge is 0.497 e. The molecule has 11 heteroatoms. The summed E-state index contributed by atoms with van der Waals surface area (Å²) in [7, 11) is -2.78. The van der Waals surface area contributed by atoms with E-state index in [2.05, 4.69) is 0 Å². The summed E-state index contributed by atoms with van der Waals surface area (Å²) >= 11 is 0. The molecule has 0 aromatic heterocycles. The zero-order valence-electron chi connectivity index (χ0n) is 13.6. The Morgan fingerprint density at radius 3 is 1.78 bits per heavy atom. The van der Waals surface area contributed by atoms with Crippen LogP contribution in [0.25, 0.3) is 0 Å². The minimum atomic E-state index is -5.01. The molecule has 0 fully saturated rings. The monoisotopic (exact) mass is 413 g/mol. The predicted octanol–water partition coefficient (Wildman–Crippen LogP) is 4.21. The van der Waals surface area contributed by atoms with E-state index in [-0.39, 0.29) is 11.0 Å². The van der Waals surface area contributed by atoms with Gasteiger partial charge in [0, 0.05) is 6.54 Å². The molecule has 0 aliphatic carbocycles. The molecular weight excluding hydrogens is 400 g/mol. The lowest BCUT2D eigenvalue weighted by atomic mass is 10.0. The number of sulfonamides is 1. The van der Waals surface area contributed by atoms with Gasteiger partial charge < -0.3 is 4.74 Å². The fourth-order valence-corrected chi connectivity index (χ4v) is 3.16. The fraction of sp³-hybridized carbons (Fsp3) is 0.250. The first-order chi connectivity index (χ1) is 12.3. The first-order valence-corrected chi connectivity index (χ1v) is 8.73. The highest BCUT2D eigenvalue weighted by atomic mass is 32.2. The third-order valence-electron chi connectivity index (χ3n) is 3.48. The van der Waals surface area contributed by atoms with Crippen molar-refractivity contribution >= 4 is 10.0 Å². The standard InChI is InChI=1S/C16H13F6NO3S/c1-26-13-2-4-14(5-3-13)27(24,25)23-9-10-6-11(15(17,18)19)8-12(7-10)16(20,21)22/h2-8,23H,9H2,1H3. The van der Waals surface area contributed by atoms with Gasteiger partial charge in [0.25, 0.3) is 0 Å². The molecular formula is C16H13F6NO3S. The van der Waals surface area contributed by atoms with Crippen molar-refractivity contribution in [3.05, 3.63) is 59.2 Å². The lowest BCUT2D eigenvalue weighted by molar-refractivity contribution is -0.143. The zero-order valence-corrected chi connectivity index (χ0v) is 14.5. The molecule has 0 saturated carbocycles. The van der Waals surface area contributed by atoms with E-state index in [9.17, 15) is 34.8 Å². The number of halogens is 6. The summed E-state index contributed by atoms with van der Waals surface area (Å²) in [4.78, 5) is -0.216. The van der Waals surface area contributed by atoms with Gasteiger partial charge in [0.2, 0.25) is 10.0 Å². The Labute approximate surface area is 150 Å². The number of nitrogens with one attached hydrogen (secondary N) is 1. The van der Waals surface area contributed by atoms with Gasteiger partial charge in [-0.25, -0.2) is 13.1 Å². The molecule has 27 heavy (non-hydrogen) atoms. The first kappa shape index (κ1) is 21.0. The normalized spacial score (nSPS) is 12.9. The minimum Gasteiger partial charge on any atom is -0.497 e. The van der Waals surface area contributed by atoms with Crippen LogP contribution in [0.1, 0.15) is 16.7 Å². The first-order valence-electron chi connectivity index (χ1n) is 7.25. The molecule has 0 atom stereocenters. The molecule has 1 N–H and O–H groups in total. The molecule has 0 saturated heterocycles. The van der Waals surface area contributed by atoms with E-state index in [4.69, 9.17) is 4.74 Å². The molecule has 0 amide bonds. The van der Waals surface area contributed by atoms with Crippen molar-refractivity contribution in [2.45, 2.75) is 23.8 Å². The molecule has 0 aliphatic rings. The van der Waals surface area contributed by atoms with Crippen LogP contribution in [0, 0.1) is 0 Å². The van der Waals surface area contributed by atoms with Crippen molar-refractivity contribution in [1.82, 2.24) is 4.72 Å². The summed E-state index contributed by atoms with van der Waals surface area (Å²) in [5.74, 6) is 0.377. The molecule has 148 valence electrons. The highest BCUT2D eigenvalue weighted by molar-refractivity contribution is 7.89. The SMILES string of the molecule is COc1ccc(S(=O)(=O)NCc2cc(C(F)(F)F)cc(C(F)(F)F)c2)cc1. The lowest BCUT2D eigenvalue weighted by Crippen LogP contribution is -2.24.